The molecule has 0 aromatic heterocycles. The molecule has 0 heterocycles. The molecule has 0 unspecified atom stereocenters. The van der Waals surface area contributed by atoms with E-state index in [1.165, 1.54) is 0 Å². The molecular formula is C9H14O. The predicted octanol–water partition coefficient (Wildman–Crippen LogP) is 2.32. The summed E-state index contributed by atoms with van der Waals surface area (Å²) in [5.41, 5.74) is -0.0139. The summed E-state index contributed by atoms with van der Waals surface area (Å²) in [7, 11) is 0. The van der Waals surface area contributed by atoms with Crippen LogP contribution in [0.15, 0.2) is 12.2 Å². The van der Waals surface area contributed by atoms with Gasteiger partial charge >= 0.3 is 0 Å². The molecule has 1 aliphatic rings. The zero-order valence-electron chi connectivity index (χ0n) is 6.68. The molecule has 0 amide bonds. The first-order chi connectivity index (χ1) is 4.75. The number of rotatable bonds is 2. The smallest absolute Gasteiger partial charge is 0.161 e. The standard InChI is InChI=1S/C9H14O/c1-3-9(4-2)7-5-6-8(9)10/h5-6H,3-4,7H2,1-2H3. The summed E-state index contributed by atoms with van der Waals surface area (Å²) in [5, 5.41) is 0. The average Bonchev–Trinajstić information content (AvgIpc) is 2.32. The second kappa shape index (κ2) is 2.57. The van der Waals surface area contributed by atoms with Crippen LogP contribution in [0, 0.1) is 5.41 Å². The Morgan fingerprint density at radius 1 is 1.50 bits per heavy atom. The zero-order valence-corrected chi connectivity index (χ0v) is 6.68. The van der Waals surface area contributed by atoms with Crippen LogP contribution in [0.3, 0.4) is 0 Å². The quantitative estimate of drug-likeness (QED) is 0.572. The summed E-state index contributed by atoms with van der Waals surface area (Å²) in [6, 6.07) is 0. The van der Waals surface area contributed by atoms with E-state index in [9.17, 15) is 4.79 Å². The molecule has 1 nitrogen and oxygen atoms in total. The van der Waals surface area contributed by atoms with Gasteiger partial charge in [0.05, 0.1) is 0 Å². The van der Waals surface area contributed by atoms with Gasteiger partial charge in [0, 0.05) is 5.41 Å². The Bertz CT molecular complexity index is 164. The van der Waals surface area contributed by atoms with Gasteiger partial charge in [-0.15, -0.1) is 0 Å². The minimum Gasteiger partial charge on any atom is -0.294 e. The van der Waals surface area contributed by atoms with Crippen LogP contribution in [-0.2, 0) is 4.79 Å². The lowest BCUT2D eigenvalue weighted by Crippen LogP contribution is -2.23. The van der Waals surface area contributed by atoms with E-state index < -0.39 is 0 Å². The van der Waals surface area contributed by atoms with Crippen LogP contribution in [0.25, 0.3) is 0 Å². The van der Waals surface area contributed by atoms with Crippen molar-refractivity contribution in [2.45, 2.75) is 33.1 Å². The molecule has 1 aliphatic carbocycles. The molecule has 0 saturated heterocycles. The second-order valence-corrected chi connectivity index (χ2v) is 2.96. The lowest BCUT2D eigenvalue weighted by atomic mass is 9.79. The van der Waals surface area contributed by atoms with Crippen molar-refractivity contribution >= 4 is 5.78 Å². The highest BCUT2D eigenvalue weighted by molar-refractivity contribution is 5.97. The zero-order chi connectivity index (χ0) is 7.61. The average molecular weight is 138 g/mol. The Balaban J connectivity index is 2.76. The summed E-state index contributed by atoms with van der Waals surface area (Å²) in [6.45, 7) is 4.18. The Morgan fingerprint density at radius 2 is 2.10 bits per heavy atom. The maximum Gasteiger partial charge on any atom is 0.161 e. The van der Waals surface area contributed by atoms with Crippen molar-refractivity contribution in [1.29, 1.82) is 0 Å². The van der Waals surface area contributed by atoms with E-state index >= 15 is 0 Å². The van der Waals surface area contributed by atoms with Gasteiger partial charge in [-0.1, -0.05) is 19.9 Å². The monoisotopic (exact) mass is 138 g/mol. The van der Waals surface area contributed by atoms with E-state index in [0.29, 0.717) is 5.78 Å². The normalized spacial score (nSPS) is 22.0. The highest BCUT2D eigenvalue weighted by Gasteiger charge is 2.34. The topological polar surface area (TPSA) is 17.1 Å². The summed E-state index contributed by atoms with van der Waals surface area (Å²) in [4.78, 5) is 11.3. The van der Waals surface area contributed by atoms with Crippen molar-refractivity contribution in [2.75, 3.05) is 0 Å². The predicted molar refractivity (Wildman–Crippen MR) is 41.8 cm³/mol. The Morgan fingerprint density at radius 3 is 2.30 bits per heavy atom. The number of allylic oxidation sites excluding steroid dienone is 2. The van der Waals surface area contributed by atoms with Crippen LogP contribution in [0.2, 0.25) is 0 Å². The first-order valence-corrected chi connectivity index (χ1v) is 3.96. The number of carbonyl (C=O) groups is 1. The van der Waals surface area contributed by atoms with Gasteiger partial charge in [0.25, 0.3) is 0 Å². The summed E-state index contributed by atoms with van der Waals surface area (Å²) >= 11 is 0. The molecule has 1 heteroatoms. The third-order valence-electron chi connectivity index (χ3n) is 2.65. The minimum absolute atomic E-state index is 0.0139. The highest BCUT2D eigenvalue weighted by Crippen LogP contribution is 2.36. The van der Waals surface area contributed by atoms with E-state index in [4.69, 9.17) is 0 Å². The third kappa shape index (κ3) is 0.898. The molecular weight excluding hydrogens is 124 g/mol. The molecule has 0 aliphatic heterocycles. The van der Waals surface area contributed by atoms with Crippen molar-refractivity contribution in [2.24, 2.45) is 5.41 Å². The molecule has 0 radical (unpaired) electrons. The number of ketones is 1. The fourth-order valence-corrected chi connectivity index (χ4v) is 1.56. The van der Waals surface area contributed by atoms with Gasteiger partial charge < -0.3 is 0 Å². The molecule has 0 atom stereocenters. The van der Waals surface area contributed by atoms with Crippen molar-refractivity contribution in [3.8, 4) is 0 Å². The summed E-state index contributed by atoms with van der Waals surface area (Å²) in [5.74, 6) is 0.331. The van der Waals surface area contributed by atoms with E-state index in [1.54, 1.807) is 6.08 Å². The van der Waals surface area contributed by atoms with Gasteiger partial charge in [0.1, 0.15) is 0 Å². The molecule has 0 fully saturated rings. The SMILES string of the molecule is CCC1(CC)CC=CC1=O. The van der Waals surface area contributed by atoms with Gasteiger partial charge in [0.15, 0.2) is 5.78 Å². The number of hydrogen-bond donors (Lipinski definition) is 0. The second-order valence-electron chi connectivity index (χ2n) is 2.96. The largest absolute Gasteiger partial charge is 0.294 e. The molecule has 0 bridgehead atoms. The third-order valence-corrected chi connectivity index (χ3v) is 2.65. The first-order valence-electron chi connectivity index (χ1n) is 3.96. The van der Waals surface area contributed by atoms with Gasteiger partial charge in [-0.05, 0) is 25.3 Å². The number of hydrogen-bond acceptors (Lipinski definition) is 1. The maximum absolute atomic E-state index is 11.3. The number of carbonyl (C=O) groups excluding carboxylic acids is 1. The molecule has 0 aromatic carbocycles. The van der Waals surface area contributed by atoms with Crippen LogP contribution in [0.5, 0.6) is 0 Å². The van der Waals surface area contributed by atoms with Crippen molar-refractivity contribution in [3.63, 3.8) is 0 Å². The summed E-state index contributed by atoms with van der Waals surface area (Å²) in [6.07, 6.45) is 6.64. The first kappa shape index (κ1) is 7.52. The lowest BCUT2D eigenvalue weighted by molar-refractivity contribution is -0.123. The van der Waals surface area contributed by atoms with Crippen LogP contribution in [-0.4, -0.2) is 5.78 Å². The molecule has 56 valence electrons. The van der Waals surface area contributed by atoms with E-state index in [1.807, 2.05) is 6.08 Å². The van der Waals surface area contributed by atoms with Crippen LogP contribution in [0.1, 0.15) is 33.1 Å². The fourth-order valence-electron chi connectivity index (χ4n) is 1.56. The minimum atomic E-state index is -0.0139. The fraction of sp³-hybridized carbons (Fsp3) is 0.667. The molecule has 0 N–H and O–H groups in total. The molecule has 0 aromatic rings. The van der Waals surface area contributed by atoms with Gasteiger partial charge in [-0.2, -0.15) is 0 Å². The summed E-state index contributed by atoms with van der Waals surface area (Å²) < 4.78 is 0. The van der Waals surface area contributed by atoms with Crippen molar-refractivity contribution in [1.82, 2.24) is 0 Å². The Hall–Kier alpha value is -0.590. The molecule has 1 rings (SSSR count). The maximum atomic E-state index is 11.3. The van der Waals surface area contributed by atoms with Crippen LogP contribution < -0.4 is 0 Å². The van der Waals surface area contributed by atoms with Crippen molar-refractivity contribution < 1.29 is 4.79 Å². The molecule has 0 saturated carbocycles. The van der Waals surface area contributed by atoms with Crippen LogP contribution >= 0.6 is 0 Å². The molecule has 0 spiro atoms. The lowest BCUT2D eigenvalue weighted by Gasteiger charge is -2.22. The van der Waals surface area contributed by atoms with Gasteiger partial charge in [0.2, 0.25) is 0 Å². The molecule has 10 heavy (non-hydrogen) atoms. The van der Waals surface area contributed by atoms with Crippen LogP contribution in [0.4, 0.5) is 0 Å². The van der Waals surface area contributed by atoms with E-state index in [-0.39, 0.29) is 5.41 Å². The Labute approximate surface area is 62.1 Å². The van der Waals surface area contributed by atoms with Gasteiger partial charge in [-0.3, -0.25) is 4.79 Å². The highest BCUT2D eigenvalue weighted by atomic mass is 16.1. The Kier molecular flexibility index (Phi) is 1.93. The van der Waals surface area contributed by atoms with E-state index in [0.717, 1.165) is 19.3 Å². The van der Waals surface area contributed by atoms with Crippen molar-refractivity contribution in [3.05, 3.63) is 12.2 Å². The van der Waals surface area contributed by atoms with Gasteiger partial charge in [-0.25, -0.2) is 0 Å². The van der Waals surface area contributed by atoms with E-state index in [2.05, 4.69) is 13.8 Å².